The van der Waals surface area contributed by atoms with Crippen LogP contribution in [0.25, 0.3) is 0 Å². The minimum Gasteiger partial charge on any atom is -0.468 e. The number of amides is 2. The number of hydrogen-bond acceptors (Lipinski definition) is 3. The SMILES string of the molecule is O=C(Nc1cccc(C(F)(F)F)c1)C1Oc2ccccc2NC1=O. The van der Waals surface area contributed by atoms with Crippen molar-refractivity contribution in [2.45, 2.75) is 12.3 Å². The monoisotopic (exact) mass is 336 g/mol. The van der Waals surface area contributed by atoms with Gasteiger partial charge in [-0.1, -0.05) is 18.2 Å². The van der Waals surface area contributed by atoms with Crippen molar-refractivity contribution in [1.29, 1.82) is 0 Å². The van der Waals surface area contributed by atoms with Gasteiger partial charge in [0.15, 0.2) is 0 Å². The fraction of sp³-hybridized carbons (Fsp3) is 0.125. The lowest BCUT2D eigenvalue weighted by Gasteiger charge is -2.25. The maximum absolute atomic E-state index is 12.7. The van der Waals surface area contributed by atoms with Crippen LogP contribution in [0.1, 0.15) is 5.56 Å². The van der Waals surface area contributed by atoms with Gasteiger partial charge in [-0.25, -0.2) is 0 Å². The van der Waals surface area contributed by atoms with Crippen LogP contribution >= 0.6 is 0 Å². The highest BCUT2D eigenvalue weighted by Gasteiger charge is 2.34. The van der Waals surface area contributed by atoms with Crippen molar-refractivity contribution in [3.05, 3.63) is 54.1 Å². The summed E-state index contributed by atoms with van der Waals surface area (Å²) in [6, 6.07) is 10.6. The van der Waals surface area contributed by atoms with E-state index in [1.165, 1.54) is 6.07 Å². The Morgan fingerprint density at radius 1 is 1.12 bits per heavy atom. The fourth-order valence-electron chi connectivity index (χ4n) is 2.21. The summed E-state index contributed by atoms with van der Waals surface area (Å²) in [4.78, 5) is 24.1. The maximum atomic E-state index is 12.7. The molecule has 3 rings (SSSR count). The second-order valence-electron chi connectivity index (χ2n) is 5.05. The van der Waals surface area contributed by atoms with E-state index in [2.05, 4.69) is 10.6 Å². The number of nitrogens with one attached hydrogen (secondary N) is 2. The van der Waals surface area contributed by atoms with E-state index < -0.39 is 29.7 Å². The van der Waals surface area contributed by atoms with Gasteiger partial charge < -0.3 is 15.4 Å². The molecule has 24 heavy (non-hydrogen) atoms. The molecule has 0 aromatic heterocycles. The molecule has 5 nitrogen and oxygen atoms in total. The van der Waals surface area contributed by atoms with Gasteiger partial charge in [0, 0.05) is 5.69 Å². The summed E-state index contributed by atoms with van der Waals surface area (Å²) >= 11 is 0. The molecule has 1 aliphatic heterocycles. The molecule has 0 spiro atoms. The molecule has 2 amide bonds. The molecule has 1 unspecified atom stereocenters. The van der Waals surface area contributed by atoms with E-state index in [1.54, 1.807) is 24.3 Å². The topological polar surface area (TPSA) is 67.4 Å². The number of ether oxygens (including phenoxy) is 1. The van der Waals surface area contributed by atoms with Gasteiger partial charge in [-0.05, 0) is 30.3 Å². The minimum atomic E-state index is -4.53. The molecule has 2 aromatic carbocycles. The van der Waals surface area contributed by atoms with Crippen molar-refractivity contribution >= 4 is 23.2 Å². The van der Waals surface area contributed by atoms with Crippen molar-refractivity contribution in [3.63, 3.8) is 0 Å². The molecule has 1 aliphatic rings. The average molecular weight is 336 g/mol. The number of benzene rings is 2. The highest BCUT2D eigenvalue weighted by atomic mass is 19.4. The molecule has 0 aliphatic carbocycles. The summed E-state index contributed by atoms with van der Waals surface area (Å²) in [5.41, 5.74) is -0.560. The first-order valence-electron chi connectivity index (χ1n) is 6.89. The molecule has 124 valence electrons. The maximum Gasteiger partial charge on any atom is 0.416 e. The number of hydrogen-bond donors (Lipinski definition) is 2. The second-order valence-corrected chi connectivity index (χ2v) is 5.05. The highest BCUT2D eigenvalue weighted by Crippen LogP contribution is 2.31. The third-order valence-electron chi connectivity index (χ3n) is 3.32. The van der Waals surface area contributed by atoms with E-state index in [0.29, 0.717) is 11.4 Å². The smallest absolute Gasteiger partial charge is 0.416 e. The molecule has 0 fully saturated rings. The van der Waals surface area contributed by atoms with Gasteiger partial charge in [0.2, 0.25) is 0 Å². The van der Waals surface area contributed by atoms with Gasteiger partial charge in [-0.15, -0.1) is 0 Å². The van der Waals surface area contributed by atoms with E-state index >= 15 is 0 Å². The molecular weight excluding hydrogens is 325 g/mol. The Morgan fingerprint density at radius 3 is 2.62 bits per heavy atom. The van der Waals surface area contributed by atoms with Gasteiger partial charge in [-0.3, -0.25) is 9.59 Å². The third kappa shape index (κ3) is 3.17. The normalized spacial score (nSPS) is 16.6. The standard InChI is InChI=1S/C16H11F3N2O3/c17-16(18,19)9-4-3-5-10(8-9)20-14(22)13-15(23)21-11-6-1-2-7-12(11)24-13/h1-8,13H,(H,20,22)(H,21,23). The van der Waals surface area contributed by atoms with Crippen molar-refractivity contribution in [2.75, 3.05) is 10.6 Å². The zero-order valence-corrected chi connectivity index (χ0v) is 12.1. The first-order valence-corrected chi connectivity index (χ1v) is 6.89. The quantitative estimate of drug-likeness (QED) is 0.829. The largest absolute Gasteiger partial charge is 0.468 e. The van der Waals surface area contributed by atoms with Crippen LogP contribution in [0.3, 0.4) is 0 Å². The lowest BCUT2D eigenvalue weighted by atomic mass is 10.1. The summed E-state index contributed by atoms with van der Waals surface area (Å²) in [6.45, 7) is 0. The van der Waals surface area contributed by atoms with Crippen molar-refractivity contribution in [3.8, 4) is 5.75 Å². The molecule has 0 radical (unpaired) electrons. The number of carbonyl (C=O) groups is 2. The molecule has 0 saturated carbocycles. The molecule has 0 bridgehead atoms. The summed E-state index contributed by atoms with van der Waals surface area (Å²) < 4.78 is 43.4. The van der Waals surface area contributed by atoms with Gasteiger partial charge in [-0.2, -0.15) is 13.2 Å². The van der Waals surface area contributed by atoms with Crippen LogP contribution in [-0.4, -0.2) is 17.9 Å². The van der Waals surface area contributed by atoms with Crippen LogP contribution in [0.2, 0.25) is 0 Å². The van der Waals surface area contributed by atoms with Crippen LogP contribution in [-0.2, 0) is 15.8 Å². The van der Waals surface area contributed by atoms with Crippen LogP contribution in [0, 0.1) is 0 Å². The molecule has 0 saturated heterocycles. The number of fused-ring (bicyclic) bond motifs is 1. The molecular formula is C16H11F3N2O3. The Kier molecular flexibility index (Phi) is 3.88. The van der Waals surface area contributed by atoms with Crippen molar-refractivity contribution in [1.82, 2.24) is 0 Å². The molecule has 8 heteroatoms. The minimum absolute atomic E-state index is 0.0786. The number of rotatable bonds is 2. The summed E-state index contributed by atoms with van der Waals surface area (Å²) in [5, 5.41) is 4.77. The van der Waals surface area contributed by atoms with Gasteiger partial charge >= 0.3 is 6.18 Å². The number of para-hydroxylation sites is 2. The number of anilines is 2. The number of carbonyl (C=O) groups excluding carboxylic acids is 2. The molecule has 2 N–H and O–H groups in total. The van der Waals surface area contributed by atoms with E-state index in [0.717, 1.165) is 18.2 Å². The van der Waals surface area contributed by atoms with Crippen LogP contribution < -0.4 is 15.4 Å². The van der Waals surface area contributed by atoms with E-state index in [4.69, 9.17) is 4.74 Å². The van der Waals surface area contributed by atoms with Gasteiger partial charge in [0.1, 0.15) is 5.75 Å². The van der Waals surface area contributed by atoms with Gasteiger partial charge in [0.25, 0.3) is 17.9 Å². The summed E-state index contributed by atoms with van der Waals surface area (Å²) in [6.07, 6.45) is -6.02. The predicted molar refractivity (Wildman–Crippen MR) is 79.6 cm³/mol. The zero-order valence-electron chi connectivity index (χ0n) is 12.1. The lowest BCUT2D eigenvalue weighted by Crippen LogP contribution is -2.45. The van der Waals surface area contributed by atoms with Crippen LogP contribution in [0.15, 0.2) is 48.5 Å². The van der Waals surface area contributed by atoms with Crippen LogP contribution in [0.4, 0.5) is 24.5 Å². The number of halogens is 3. The number of alkyl halides is 3. The molecule has 2 aromatic rings. The van der Waals surface area contributed by atoms with Crippen molar-refractivity contribution < 1.29 is 27.5 Å². The fourth-order valence-corrected chi connectivity index (χ4v) is 2.21. The first kappa shape index (κ1) is 15.9. The first-order chi connectivity index (χ1) is 11.3. The van der Waals surface area contributed by atoms with Gasteiger partial charge in [0.05, 0.1) is 11.3 Å². The van der Waals surface area contributed by atoms with E-state index in [-0.39, 0.29) is 5.69 Å². The van der Waals surface area contributed by atoms with E-state index in [9.17, 15) is 22.8 Å². The zero-order chi connectivity index (χ0) is 17.3. The average Bonchev–Trinajstić information content (AvgIpc) is 2.53. The Bertz CT molecular complexity index is 805. The molecule has 1 atom stereocenters. The van der Waals surface area contributed by atoms with E-state index in [1.807, 2.05) is 0 Å². The second kappa shape index (κ2) is 5.88. The summed E-state index contributed by atoms with van der Waals surface area (Å²) in [7, 11) is 0. The van der Waals surface area contributed by atoms with Crippen LogP contribution in [0.5, 0.6) is 5.75 Å². The summed E-state index contributed by atoms with van der Waals surface area (Å²) in [5.74, 6) is -1.25. The Balaban J connectivity index is 1.77. The third-order valence-corrected chi connectivity index (χ3v) is 3.32. The van der Waals surface area contributed by atoms with Crippen molar-refractivity contribution in [2.24, 2.45) is 0 Å². The highest BCUT2D eigenvalue weighted by molar-refractivity contribution is 6.15. The Labute approximate surface area is 134 Å². The predicted octanol–water partition coefficient (Wildman–Crippen LogP) is 3.04. The molecule has 1 heterocycles. The lowest BCUT2D eigenvalue weighted by molar-refractivity contribution is -0.138. The Morgan fingerprint density at radius 2 is 1.88 bits per heavy atom. The Hall–Kier alpha value is -3.03.